The van der Waals surface area contributed by atoms with E-state index >= 15 is 0 Å². The molecule has 2 aromatic heterocycles. The predicted octanol–water partition coefficient (Wildman–Crippen LogP) is 1.90. The molecule has 3 heterocycles. The first-order valence-corrected chi connectivity index (χ1v) is 7.24. The Morgan fingerprint density at radius 1 is 1.38 bits per heavy atom. The van der Waals surface area contributed by atoms with Crippen LogP contribution < -0.4 is 0 Å². The smallest absolute Gasteiger partial charge is 0.219 e. The monoisotopic (exact) mass is 285 g/mol. The van der Waals surface area contributed by atoms with Crippen molar-refractivity contribution in [3.8, 4) is 11.4 Å². The average Bonchev–Trinajstić information content (AvgIpc) is 2.94. The summed E-state index contributed by atoms with van der Waals surface area (Å²) in [5.41, 5.74) is 3.57. The van der Waals surface area contributed by atoms with Gasteiger partial charge in [-0.15, -0.1) is 0 Å². The number of nitrogens with zero attached hydrogens (tertiary/aromatic N) is 4. The summed E-state index contributed by atoms with van der Waals surface area (Å²) in [5, 5.41) is 7.23. The zero-order valence-electron chi connectivity index (χ0n) is 12.3. The van der Waals surface area contributed by atoms with E-state index in [-0.39, 0.29) is 11.8 Å². The summed E-state index contributed by atoms with van der Waals surface area (Å²) in [5.74, 6) is 0.351. The van der Waals surface area contributed by atoms with Crippen LogP contribution in [0.1, 0.15) is 37.1 Å². The van der Waals surface area contributed by atoms with Crippen molar-refractivity contribution in [3.05, 3.63) is 29.8 Å². The summed E-state index contributed by atoms with van der Waals surface area (Å²) in [6, 6.07) is 1.97. The van der Waals surface area contributed by atoms with Crippen LogP contribution >= 0.6 is 0 Å². The summed E-state index contributed by atoms with van der Waals surface area (Å²) >= 11 is 0. The van der Waals surface area contributed by atoms with Crippen molar-refractivity contribution in [2.24, 2.45) is 0 Å². The van der Waals surface area contributed by atoms with Crippen molar-refractivity contribution >= 4 is 5.91 Å². The Hall–Kier alpha value is -2.24. The summed E-state index contributed by atoms with van der Waals surface area (Å²) in [4.78, 5) is 22.5. The van der Waals surface area contributed by atoms with Crippen molar-refractivity contribution in [3.63, 3.8) is 0 Å². The molecule has 0 spiro atoms. The number of rotatable bonds is 2. The van der Waals surface area contributed by atoms with Crippen LogP contribution in [0.15, 0.2) is 18.5 Å². The van der Waals surface area contributed by atoms with Gasteiger partial charge in [0.05, 0.1) is 5.69 Å². The Balaban J connectivity index is 1.93. The molecule has 1 amide bonds. The Labute approximate surface area is 123 Å². The normalized spacial score (nSPS) is 18.8. The van der Waals surface area contributed by atoms with E-state index in [1.54, 1.807) is 19.3 Å². The second-order valence-corrected chi connectivity index (χ2v) is 5.53. The molecule has 2 aromatic rings. The van der Waals surface area contributed by atoms with Gasteiger partial charge in [0.1, 0.15) is 11.4 Å². The lowest BCUT2D eigenvalue weighted by molar-refractivity contribution is -0.130. The van der Waals surface area contributed by atoms with Crippen LogP contribution in [0.5, 0.6) is 0 Å². The lowest BCUT2D eigenvalue weighted by Gasteiger charge is -2.32. The number of aromatic amines is 1. The van der Waals surface area contributed by atoms with E-state index in [0.717, 1.165) is 42.2 Å². The van der Waals surface area contributed by atoms with Crippen LogP contribution in [-0.4, -0.2) is 44.1 Å². The lowest BCUT2D eigenvalue weighted by Crippen LogP contribution is -2.38. The molecular weight excluding hydrogens is 266 g/mol. The molecule has 0 radical (unpaired) electrons. The minimum Gasteiger partial charge on any atom is -0.342 e. The Bertz CT molecular complexity index is 651. The summed E-state index contributed by atoms with van der Waals surface area (Å²) in [7, 11) is 0. The Morgan fingerprint density at radius 3 is 2.90 bits per heavy atom. The Morgan fingerprint density at radius 2 is 2.19 bits per heavy atom. The second-order valence-electron chi connectivity index (χ2n) is 5.53. The third-order valence-corrected chi connectivity index (χ3v) is 3.93. The number of likely N-dealkylation sites (tertiary alicyclic amines) is 1. The van der Waals surface area contributed by atoms with Gasteiger partial charge in [-0.25, -0.2) is 0 Å². The van der Waals surface area contributed by atoms with Gasteiger partial charge in [0.15, 0.2) is 0 Å². The first-order valence-electron chi connectivity index (χ1n) is 7.24. The molecule has 21 heavy (non-hydrogen) atoms. The highest BCUT2D eigenvalue weighted by molar-refractivity contribution is 5.73. The number of amides is 1. The minimum atomic E-state index is 0.126. The van der Waals surface area contributed by atoms with Gasteiger partial charge in [0.25, 0.3) is 0 Å². The summed E-state index contributed by atoms with van der Waals surface area (Å²) in [6.07, 6.45) is 5.43. The van der Waals surface area contributed by atoms with Crippen LogP contribution in [0.2, 0.25) is 0 Å². The lowest BCUT2D eigenvalue weighted by atomic mass is 9.92. The number of nitrogens with one attached hydrogen (secondary N) is 1. The summed E-state index contributed by atoms with van der Waals surface area (Å²) < 4.78 is 0. The largest absolute Gasteiger partial charge is 0.342 e. The van der Waals surface area contributed by atoms with E-state index in [0.29, 0.717) is 6.54 Å². The zero-order valence-corrected chi connectivity index (χ0v) is 12.3. The van der Waals surface area contributed by atoms with E-state index < -0.39 is 0 Å². The topological polar surface area (TPSA) is 74.8 Å². The molecule has 1 aliphatic rings. The quantitative estimate of drug-likeness (QED) is 0.914. The van der Waals surface area contributed by atoms with E-state index in [4.69, 9.17) is 0 Å². The number of carbonyl (C=O) groups is 1. The molecular formula is C15H19N5O. The molecule has 6 nitrogen and oxygen atoms in total. The molecule has 1 atom stereocenters. The number of piperidine rings is 1. The van der Waals surface area contributed by atoms with Gasteiger partial charge < -0.3 is 4.90 Å². The van der Waals surface area contributed by atoms with Crippen molar-refractivity contribution < 1.29 is 4.79 Å². The van der Waals surface area contributed by atoms with Gasteiger partial charge in [0.2, 0.25) is 5.91 Å². The maximum absolute atomic E-state index is 11.6. The molecule has 1 aliphatic heterocycles. The molecule has 110 valence electrons. The molecule has 1 fully saturated rings. The van der Waals surface area contributed by atoms with Gasteiger partial charge in [-0.05, 0) is 25.8 Å². The first-order chi connectivity index (χ1) is 10.1. The fourth-order valence-electron chi connectivity index (χ4n) is 2.87. The highest BCUT2D eigenvalue weighted by Gasteiger charge is 2.27. The van der Waals surface area contributed by atoms with E-state index in [2.05, 4.69) is 20.2 Å². The molecule has 1 saturated heterocycles. The zero-order chi connectivity index (χ0) is 14.8. The third kappa shape index (κ3) is 2.79. The number of hydrogen-bond acceptors (Lipinski definition) is 4. The van der Waals surface area contributed by atoms with Crippen LogP contribution in [0.25, 0.3) is 11.4 Å². The maximum Gasteiger partial charge on any atom is 0.219 e. The van der Waals surface area contributed by atoms with Gasteiger partial charge in [0, 0.05) is 44.0 Å². The van der Waals surface area contributed by atoms with Gasteiger partial charge in [-0.1, -0.05) is 0 Å². The standard InChI is InChI=1S/C15H19N5O/c1-10-8-13(19-18-10)15-14(16-5-6-17-15)12-4-3-7-20(9-12)11(2)21/h5-6,8,12H,3-4,7,9H2,1-2H3,(H,18,19). The number of aryl methyl sites for hydroxylation is 1. The first kappa shape index (κ1) is 13.7. The average molecular weight is 285 g/mol. The maximum atomic E-state index is 11.6. The van der Waals surface area contributed by atoms with E-state index in [1.165, 1.54) is 0 Å². The minimum absolute atomic E-state index is 0.126. The molecule has 0 saturated carbocycles. The van der Waals surface area contributed by atoms with Crippen LogP contribution in [-0.2, 0) is 4.79 Å². The molecule has 1 N–H and O–H groups in total. The van der Waals surface area contributed by atoms with Crippen LogP contribution in [0.4, 0.5) is 0 Å². The van der Waals surface area contributed by atoms with Crippen molar-refractivity contribution in [2.75, 3.05) is 13.1 Å². The molecule has 0 aromatic carbocycles. The highest BCUT2D eigenvalue weighted by atomic mass is 16.2. The third-order valence-electron chi connectivity index (χ3n) is 3.93. The van der Waals surface area contributed by atoms with Crippen molar-refractivity contribution in [2.45, 2.75) is 32.6 Å². The van der Waals surface area contributed by atoms with Gasteiger partial charge >= 0.3 is 0 Å². The number of aromatic nitrogens is 4. The van der Waals surface area contributed by atoms with Crippen LogP contribution in [0, 0.1) is 6.92 Å². The van der Waals surface area contributed by atoms with Crippen LogP contribution in [0.3, 0.4) is 0 Å². The van der Waals surface area contributed by atoms with Crippen molar-refractivity contribution in [1.82, 2.24) is 25.1 Å². The van der Waals surface area contributed by atoms with E-state index in [1.807, 2.05) is 17.9 Å². The SMILES string of the molecule is CC(=O)N1CCCC(c2nccnc2-c2cc(C)[nH]n2)C1. The molecule has 0 bridgehead atoms. The highest BCUT2D eigenvalue weighted by Crippen LogP contribution is 2.31. The number of carbonyl (C=O) groups excluding carboxylic acids is 1. The number of H-pyrrole nitrogens is 1. The molecule has 0 aliphatic carbocycles. The summed E-state index contributed by atoms with van der Waals surface area (Å²) in [6.45, 7) is 5.13. The Kier molecular flexibility index (Phi) is 3.68. The molecule has 3 rings (SSSR count). The predicted molar refractivity (Wildman–Crippen MR) is 78.6 cm³/mol. The van der Waals surface area contributed by atoms with E-state index in [9.17, 15) is 4.79 Å². The fourth-order valence-corrected chi connectivity index (χ4v) is 2.87. The second kappa shape index (κ2) is 5.63. The van der Waals surface area contributed by atoms with Gasteiger partial charge in [-0.3, -0.25) is 19.9 Å². The fraction of sp³-hybridized carbons (Fsp3) is 0.467. The molecule has 6 heteroatoms. The van der Waals surface area contributed by atoms with Crippen molar-refractivity contribution in [1.29, 1.82) is 0 Å². The number of hydrogen-bond donors (Lipinski definition) is 1. The van der Waals surface area contributed by atoms with Gasteiger partial charge in [-0.2, -0.15) is 5.10 Å². The molecule has 1 unspecified atom stereocenters.